The number of rotatable bonds is 2. The lowest BCUT2D eigenvalue weighted by molar-refractivity contribution is 0.451. The number of phenols is 1. The number of aromatic hydroxyl groups is 1. The van der Waals surface area contributed by atoms with Crippen molar-refractivity contribution in [3.63, 3.8) is 0 Å². The minimum absolute atomic E-state index is 0.227. The van der Waals surface area contributed by atoms with E-state index in [9.17, 15) is 5.11 Å². The van der Waals surface area contributed by atoms with Gasteiger partial charge in [-0.05, 0) is 25.5 Å². The molecule has 0 aliphatic heterocycles. The topological polar surface area (TPSA) is 46.2 Å². The van der Waals surface area contributed by atoms with E-state index in [4.69, 9.17) is 5.73 Å². The molecule has 0 saturated carbocycles. The average Bonchev–Trinajstić information content (AvgIpc) is 2.03. The van der Waals surface area contributed by atoms with Crippen LogP contribution in [0.25, 0.3) is 0 Å². The maximum Gasteiger partial charge on any atom is 0.121 e. The van der Waals surface area contributed by atoms with Crippen molar-refractivity contribution in [2.24, 2.45) is 5.73 Å². The second-order valence-corrected chi connectivity index (χ2v) is 3.51. The first kappa shape index (κ1) is 9.81. The lowest BCUT2D eigenvalue weighted by Gasteiger charge is -2.21. The highest BCUT2D eigenvalue weighted by Crippen LogP contribution is 2.28. The second kappa shape index (κ2) is 3.23. The summed E-state index contributed by atoms with van der Waals surface area (Å²) in [5.41, 5.74) is 6.96. The summed E-state index contributed by atoms with van der Waals surface area (Å²) in [4.78, 5) is 0. The van der Waals surface area contributed by atoms with Crippen LogP contribution in [0.5, 0.6) is 5.75 Å². The molecule has 0 spiro atoms. The van der Waals surface area contributed by atoms with Crippen LogP contribution >= 0.6 is 0 Å². The fourth-order valence-electron chi connectivity index (χ4n) is 1.21. The molecule has 0 radical (unpaired) electrons. The third kappa shape index (κ3) is 1.90. The van der Waals surface area contributed by atoms with Gasteiger partial charge in [0, 0.05) is 5.56 Å². The third-order valence-electron chi connectivity index (χ3n) is 2.16. The highest BCUT2D eigenvalue weighted by Gasteiger charge is 2.19. The molecule has 0 aliphatic rings. The van der Waals surface area contributed by atoms with Crippen LogP contribution in [-0.4, -0.2) is 5.11 Å². The number of nitrogens with two attached hydrogens (primary N) is 1. The van der Waals surface area contributed by atoms with Crippen molar-refractivity contribution in [2.45, 2.75) is 19.4 Å². The monoisotopic (exact) mass is 177 g/mol. The smallest absolute Gasteiger partial charge is 0.121 e. The van der Waals surface area contributed by atoms with E-state index >= 15 is 0 Å². The van der Waals surface area contributed by atoms with Gasteiger partial charge in [-0.15, -0.1) is 6.58 Å². The molecule has 0 unspecified atom stereocenters. The number of hydrogen-bond donors (Lipinski definition) is 2. The molecule has 0 fully saturated rings. The summed E-state index contributed by atoms with van der Waals surface area (Å²) in [5, 5.41) is 9.63. The summed E-state index contributed by atoms with van der Waals surface area (Å²) in [7, 11) is 0. The summed E-state index contributed by atoms with van der Waals surface area (Å²) in [6.45, 7) is 7.37. The van der Waals surface area contributed by atoms with Gasteiger partial charge in [-0.1, -0.05) is 18.2 Å². The summed E-state index contributed by atoms with van der Waals surface area (Å²) in [6, 6.07) is 5.44. The molecule has 3 N–H and O–H groups in total. The Morgan fingerprint density at radius 3 is 2.62 bits per heavy atom. The zero-order chi connectivity index (χ0) is 10.1. The molecule has 13 heavy (non-hydrogen) atoms. The molecule has 2 nitrogen and oxygen atoms in total. The highest BCUT2D eigenvalue weighted by molar-refractivity contribution is 5.42. The molecule has 2 heteroatoms. The number of hydrogen-bond acceptors (Lipinski definition) is 2. The van der Waals surface area contributed by atoms with E-state index in [0.717, 1.165) is 5.56 Å². The maximum absolute atomic E-state index is 9.63. The van der Waals surface area contributed by atoms with Crippen LogP contribution in [0.15, 0.2) is 30.9 Å². The van der Waals surface area contributed by atoms with Gasteiger partial charge in [0.05, 0.1) is 5.54 Å². The van der Waals surface area contributed by atoms with Crippen LogP contribution in [-0.2, 0) is 5.54 Å². The third-order valence-corrected chi connectivity index (χ3v) is 2.16. The Balaban J connectivity index is 3.23. The molecule has 1 aromatic carbocycles. The van der Waals surface area contributed by atoms with E-state index < -0.39 is 5.54 Å². The molecule has 0 aliphatic carbocycles. The van der Waals surface area contributed by atoms with Crippen molar-refractivity contribution in [2.75, 3.05) is 0 Å². The molecule has 0 bridgehead atoms. The molecule has 0 aromatic heterocycles. The first-order chi connectivity index (χ1) is 5.97. The Morgan fingerprint density at radius 1 is 1.54 bits per heavy atom. The molecule has 1 rings (SSSR count). The summed E-state index contributed by atoms with van der Waals surface area (Å²) in [6.07, 6.45) is 1.62. The van der Waals surface area contributed by atoms with Gasteiger partial charge in [0.15, 0.2) is 0 Å². The lowest BCUT2D eigenvalue weighted by Crippen LogP contribution is -2.30. The minimum atomic E-state index is -0.669. The Morgan fingerprint density at radius 2 is 2.15 bits per heavy atom. The number of phenolic OH excluding ortho intramolecular Hbond substituents is 1. The van der Waals surface area contributed by atoms with Crippen LogP contribution in [0.4, 0.5) is 0 Å². The molecule has 1 atom stereocenters. The summed E-state index contributed by atoms with van der Waals surface area (Å²) in [5.74, 6) is 0.227. The first-order valence-corrected chi connectivity index (χ1v) is 4.20. The molecule has 0 amide bonds. The van der Waals surface area contributed by atoms with Crippen LogP contribution < -0.4 is 5.73 Å². The van der Waals surface area contributed by atoms with E-state index in [1.54, 1.807) is 12.1 Å². The predicted octanol–water partition coefficient (Wildman–Crippen LogP) is 2.06. The van der Waals surface area contributed by atoms with Gasteiger partial charge in [0.25, 0.3) is 0 Å². The standard InChI is InChI=1S/C11H15NO/c1-4-11(3,12)9-6-5-8(2)7-10(9)13/h4-7,13H,1,12H2,2-3H3/t11-/m0/s1. The zero-order valence-corrected chi connectivity index (χ0v) is 8.04. The molecular weight excluding hydrogens is 162 g/mol. The van der Waals surface area contributed by atoms with Gasteiger partial charge in [-0.2, -0.15) is 0 Å². The van der Waals surface area contributed by atoms with Crippen LogP contribution in [0.1, 0.15) is 18.1 Å². The van der Waals surface area contributed by atoms with Gasteiger partial charge < -0.3 is 10.8 Å². The number of aryl methyl sites for hydroxylation is 1. The van der Waals surface area contributed by atoms with Gasteiger partial charge in [-0.25, -0.2) is 0 Å². The molecule has 1 aromatic rings. The summed E-state index contributed by atoms with van der Waals surface area (Å²) < 4.78 is 0. The Kier molecular flexibility index (Phi) is 2.43. The molecule has 0 heterocycles. The van der Waals surface area contributed by atoms with Crippen LogP contribution in [0.2, 0.25) is 0 Å². The predicted molar refractivity (Wildman–Crippen MR) is 54.6 cm³/mol. The number of benzene rings is 1. The van der Waals surface area contributed by atoms with Crippen molar-refractivity contribution in [3.8, 4) is 5.75 Å². The highest BCUT2D eigenvalue weighted by atomic mass is 16.3. The van der Waals surface area contributed by atoms with E-state index in [2.05, 4.69) is 6.58 Å². The summed E-state index contributed by atoms with van der Waals surface area (Å²) >= 11 is 0. The van der Waals surface area contributed by atoms with Crippen molar-refractivity contribution in [1.29, 1.82) is 0 Å². The fourth-order valence-corrected chi connectivity index (χ4v) is 1.21. The Hall–Kier alpha value is -1.28. The molecule has 0 saturated heterocycles. The van der Waals surface area contributed by atoms with Gasteiger partial charge in [0.1, 0.15) is 5.75 Å². The zero-order valence-electron chi connectivity index (χ0n) is 8.04. The lowest BCUT2D eigenvalue weighted by atomic mass is 9.92. The fraction of sp³-hybridized carbons (Fsp3) is 0.273. The van der Waals surface area contributed by atoms with Crippen molar-refractivity contribution >= 4 is 0 Å². The van der Waals surface area contributed by atoms with Crippen molar-refractivity contribution in [3.05, 3.63) is 42.0 Å². The SMILES string of the molecule is C=C[C@](C)(N)c1ccc(C)cc1O. The van der Waals surface area contributed by atoms with Crippen LogP contribution in [0.3, 0.4) is 0 Å². The van der Waals surface area contributed by atoms with E-state index in [0.29, 0.717) is 5.56 Å². The molecule has 70 valence electrons. The van der Waals surface area contributed by atoms with E-state index in [-0.39, 0.29) is 5.75 Å². The quantitative estimate of drug-likeness (QED) is 0.679. The van der Waals surface area contributed by atoms with Crippen LogP contribution in [0, 0.1) is 6.92 Å². The normalized spacial score (nSPS) is 15.0. The average molecular weight is 177 g/mol. The van der Waals surface area contributed by atoms with Gasteiger partial charge >= 0.3 is 0 Å². The maximum atomic E-state index is 9.63. The Labute approximate surface area is 78.7 Å². The minimum Gasteiger partial charge on any atom is -0.508 e. The van der Waals surface area contributed by atoms with Gasteiger partial charge in [0.2, 0.25) is 0 Å². The van der Waals surface area contributed by atoms with Gasteiger partial charge in [-0.3, -0.25) is 0 Å². The van der Waals surface area contributed by atoms with Crippen molar-refractivity contribution in [1.82, 2.24) is 0 Å². The largest absolute Gasteiger partial charge is 0.508 e. The molecular formula is C11H15NO. The first-order valence-electron chi connectivity index (χ1n) is 4.20. The van der Waals surface area contributed by atoms with Crippen molar-refractivity contribution < 1.29 is 5.11 Å². The van der Waals surface area contributed by atoms with E-state index in [1.807, 2.05) is 26.0 Å². The van der Waals surface area contributed by atoms with E-state index in [1.165, 1.54) is 0 Å². The second-order valence-electron chi connectivity index (χ2n) is 3.51. The Bertz CT molecular complexity index is 329.